The number of nitrogens with zero attached hydrogens (tertiary/aromatic N) is 1. The molecule has 2 aromatic carbocycles. The van der Waals surface area contributed by atoms with Crippen LogP contribution >= 0.6 is 0 Å². The molecule has 2 aromatic rings. The highest BCUT2D eigenvalue weighted by Gasteiger charge is 2.06. The number of hydrogen-bond acceptors (Lipinski definition) is 3. The largest absolute Gasteiger partial charge is 0.457 e. The molecule has 0 radical (unpaired) electrons. The van der Waals surface area contributed by atoms with E-state index in [1.54, 1.807) is 12.1 Å². The first kappa shape index (κ1) is 13.0. The molecule has 0 spiro atoms. The zero-order valence-electron chi connectivity index (χ0n) is 11.3. The summed E-state index contributed by atoms with van der Waals surface area (Å²) in [5.74, 6) is 1.45. The first-order chi connectivity index (χ1) is 9.01. The fourth-order valence-corrected chi connectivity index (χ4v) is 1.91. The Hall–Kier alpha value is -2.47. The van der Waals surface area contributed by atoms with E-state index in [9.17, 15) is 0 Å². The van der Waals surface area contributed by atoms with Crippen LogP contribution < -0.4 is 10.5 Å². The van der Waals surface area contributed by atoms with Crippen LogP contribution in [-0.2, 0) is 0 Å². The van der Waals surface area contributed by atoms with Crippen molar-refractivity contribution in [3.63, 3.8) is 0 Å². The monoisotopic (exact) mass is 252 g/mol. The number of nitrogen functional groups attached to an aromatic ring is 1. The lowest BCUT2D eigenvalue weighted by Crippen LogP contribution is -1.94. The first-order valence-electron chi connectivity index (χ1n) is 6.06. The number of nitriles is 1. The zero-order chi connectivity index (χ0) is 14.0. The van der Waals surface area contributed by atoms with Gasteiger partial charge < -0.3 is 10.5 Å². The van der Waals surface area contributed by atoms with Crippen molar-refractivity contribution in [3.05, 3.63) is 52.6 Å². The second kappa shape index (κ2) is 5.03. The van der Waals surface area contributed by atoms with Gasteiger partial charge in [0.2, 0.25) is 0 Å². The van der Waals surface area contributed by atoms with E-state index in [4.69, 9.17) is 15.7 Å². The maximum atomic E-state index is 8.90. The van der Waals surface area contributed by atoms with Crippen molar-refractivity contribution in [2.45, 2.75) is 20.8 Å². The summed E-state index contributed by atoms with van der Waals surface area (Å²) in [7, 11) is 0. The van der Waals surface area contributed by atoms with Gasteiger partial charge in [-0.1, -0.05) is 6.07 Å². The third kappa shape index (κ3) is 2.69. The van der Waals surface area contributed by atoms with Gasteiger partial charge in [0, 0.05) is 11.8 Å². The van der Waals surface area contributed by atoms with Crippen molar-refractivity contribution in [1.29, 1.82) is 5.26 Å². The molecule has 0 saturated heterocycles. The number of hydrogen-bond donors (Lipinski definition) is 1. The van der Waals surface area contributed by atoms with Gasteiger partial charge in [-0.3, -0.25) is 0 Å². The Bertz CT molecular complexity index is 669. The Kier molecular flexibility index (Phi) is 3.43. The maximum Gasteiger partial charge on any atom is 0.132 e. The molecule has 19 heavy (non-hydrogen) atoms. The summed E-state index contributed by atoms with van der Waals surface area (Å²) in [5.41, 5.74) is 10.2. The number of benzene rings is 2. The molecule has 2 rings (SSSR count). The van der Waals surface area contributed by atoms with E-state index in [1.807, 2.05) is 39.0 Å². The summed E-state index contributed by atoms with van der Waals surface area (Å²) < 4.78 is 5.84. The summed E-state index contributed by atoms with van der Waals surface area (Å²) >= 11 is 0. The molecule has 3 heteroatoms. The molecule has 0 amide bonds. The molecule has 96 valence electrons. The highest BCUT2D eigenvalue weighted by atomic mass is 16.5. The van der Waals surface area contributed by atoms with Crippen molar-refractivity contribution in [1.82, 2.24) is 0 Å². The molecule has 0 aliphatic heterocycles. The fourth-order valence-electron chi connectivity index (χ4n) is 1.91. The normalized spacial score (nSPS) is 10.0. The average molecular weight is 252 g/mol. The molecule has 0 bridgehead atoms. The molecule has 0 aliphatic carbocycles. The van der Waals surface area contributed by atoms with E-state index in [-0.39, 0.29) is 0 Å². The number of ether oxygens (including phenoxy) is 1. The van der Waals surface area contributed by atoms with Gasteiger partial charge in [0.25, 0.3) is 0 Å². The Labute approximate surface area is 113 Å². The van der Waals surface area contributed by atoms with Crippen molar-refractivity contribution in [2.24, 2.45) is 0 Å². The zero-order valence-corrected chi connectivity index (χ0v) is 11.3. The van der Waals surface area contributed by atoms with Crippen molar-refractivity contribution >= 4 is 5.69 Å². The molecule has 0 fully saturated rings. The minimum absolute atomic E-state index is 0.660. The van der Waals surface area contributed by atoms with Crippen molar-refractivity contribution in [3.8, 4) is 17.6 Å². The third-order valence-corrected chi connectivity index (χ3v) is 3.11. The SMILES string of the molecule is Cc1cc(C)c(Oc2ccc(C#N)c(C)c2)cc1N. The lowest BCUT2D eigenvalue weighted by molar-refractivity contribution is 0.478. The maximum absolute atomic E-state index is 8.90. The fraction of sp³-hybridized carbons (Fsp3) is 0.188. The predicted octanol–water partition coefficient (Wildman–Crippen LogP) is 3.86. The van der Waals surface area contributed by atoms with E-state index in [2.05, 4.69) is 6.07 Å². The van der Waals surface area contributed by atoms with Gasteiger partial charge in [-0.2, -0.15) is 5.26 Å². The molecule has 0 heterocycles. The first-order valence-corrected chi connectivity index (χ1v) is 6.06. The van der Waals surface area contributed by atoms with Crippen molar-refractivity contribution in [2.75, 3.05) is 5.73 Å². The number of nitrogens with two attached hydrogens (primary N) is 1. The Morgan fingerprint density at radius 1 is 1.00 bits per heavy atom. The Morgan fingerprint density at radius 2 is 1.74 bits per heavy atom. The Morgan fingerprint density at radius 3 is 2.37 bits per heavy atom. The van der Waals surface area contributed by atoms with E-state index in [0.717, 1.165) is 22.4 Å². The van der Waals surface area contributed by atoms with Crippen LogP contribution in [0, 0.1) is 32.1 Å². The molecule has 0 aromatic heterocycles. The highest BCUT2D eigenvalue weighted by molar-refractivity contribution is 5.55. The standard InChI is InChI=1S/C16H16N2O/c1-10-7-14(5-4-13(10)9-17)19-16-8-15(18)11(2)6-12(16)3/h4-8H,18H2,1-3H3. The molecule has 0 aliphatic rings. The van der Waals surface area contributed by atoms with Crippen LogP contribution in [0.4, 0.5) is 5.69 Å². The van der Waals surface area contributed by atoms with Gasteiger partial charge >= 0.3 is 0 Å². The van der Waals surface area contributed by atoms with Crippen LogP contribution in [0.15, 0.2) is 30.3 Å². The van der Waals surface area contributed by atoms with E-state index in [0.29, 0.717) is 17.0 Å². The minimum Gasteiger partial charge on any atom is -0.457 e. The van der Waals surface area contributed by atoms with E-state index < -0.39 is 0 Å². The van der Waals surface area contributed by atoms with Gasteiger partial charge in [-0.15, -0.1) is 0 Å². The smallest absolute Gasteiger partial charge is 0.132 e. The van der Waals surface area contributed by atoms with Gasteiger partial charge in [-0.05, 0) is 55.7 Å². The summed E-state index contributed by atoms with van der Waals surface area (Å²) in [6, 6.07) is 11.4. The predicted molar refractivity (Wildman–Crippen MR) is 76.3 cm³/mol. The summed E-state index contributed by atoms with van der Waals surface area (Å²) in [4.78, 5) is 0. The lowest BCUT2D eigenvalue weighted by atomic mass is 10.1. The Balaban J connectivity index is 2.34. The average Bonchev–Trinajstić information content (AvgIpc) is 2.36. The van der Waals surface area contributed by atoms with Gasteiger partial charge in [0.1, 0.15) is 11.5 Å². The van der Waals surface area contributed by atoms with Crippen LogP contribution in [0.2, 0.25) is 0 Å². The molecule has 3 nitrogen and oxygen atoms in total. The lowest BCUT2D eigenvalue weighted by Gasteiger charge is -2.12. The summed E-state index contributed by atoms with van der Waals surface area (Å²) in [5, 5.41) is 8.90. The second-order valence-corrected chi connectivity index (χ2v) is 4.66. The molecule has 0 saturated carbocycles. The molecule has 0 unspecified atom stereocenters. The highest BCUT2D eigenvalue weighted by Crippen LogP contribution is 2.29. The van der Waals surface area contributed by atoms with Crippen LogP contribution in [0.25, 0.3) is 0 Å². The molecular weight excluding hydrogens is 236 g/mol. The van der Waals surface area contributed by atoms with Crippen LogP contribution in [0.5, 0.6) is 11.5 Å². The van der Waals surface area contributed by atoms with Crippen LogP contribution in [0.1, 0.15) is 22.3 Å². The van der Waals surface area contributed by atoms with Crippen LogP contribution in [0.3, 0.4) is 0 Å². The van der Waals surface area contributed by atoms with E-state index in [1.165, 1.54) is 0 Å². The number of anilines is 1. The summed E-state index contributed by atoms with van der Waals surface area (Å²) in [6.07, 6.45) is 0. The van der Waals surface area contributed by atoms with Gasteiger partial charge in [0.15, 0.2) is 0 Å². The topological polar surface area (TPSA) is 59.0 Å². The minimum atomic E-state index is 0.660. The van der Waals surface area contributed by atoms with Crippen LogP contribution in [-0.4, -0.2) is 0 Å². The number of aryl methyl sites for hydroxylation is 3. The van der Waals surface area contributed by atoms with E-state index >= 15 is 0 Å². The quantitative estimate of drug-likeness (QED) is 0.826. The molecular formula is C16H16N2O. The summed E-state index contributed by atoms with van der Waals surface area (Å²) in [6.45, 7) is 5.85. The third-order valence-electron chi connectivity index (χ3n) is 3.11. The van der Waals surface area contributed by atoms with Gasteiger partial charge in [-0.25, -0.2) is 0 Å². The number of rotatable bonds is 2. The van der Waals surface area contributed by atoms with Crippen molar-refractivity contribution < 1.29 is 4.74 Å². The molecule has 2 N–H and O–H groups in total. The van der Waals surface area contributed by atoms with Gasteiger partial charge in [0.05, 0.1) is 11.6 Å². The second-order valence-electron chi connectivity index (χ2n) is 4.66. The molecule has 0 atom stereocenters.